The van der Waals surface area contributed by atoms with Gasteiger partial charge in [0.2, 0.25) is 5.91 Å². The maximum Gasteiger partial charge on any atom is 0.221 e. The van der Waals surface area contributed by atoms with E-state index in [0.717, 1.165) is 11.6 Å². The molecule has 3 heteroatoms. The van der Waals surface area contributed by atoms with E-state index in [1.807, 2.05) is 18.2 Å². The molecule has 1 amide bonds. The minimum Gasteiger partial charge on any atom is -0.326 e. The van der Waals surface area contributed by atoms with Crippen LogP contribution in [0.1, 0.15) is 45.2 Å². The summed E-state index contributed by atoms with van der Waals surface area (Å²) in [5.74, 6) is 0.834. The zero-order chi connectivity index (χ0) is 13.1. The lowest BCUT2D eigenvalue weighted by atomic mass is 9.81. The van der Waals surface area contributed by atoms with Gasteiger partial charge in [-0.25, -0.2) is 0 Å². The molecule has 98 valence electrons. The molecule has 0 bridgehead atoms. The molecule has 0 radical (unpaired) electrons. The second-order valence-electron chi connectivity index (χ2n) is 5.47. The second-order valence-corrected chi connectivity index (χ2v) is 5.47. The fraction of sp³-hybridized carbons (Fsp3) is 0.533. The topological polar surface area (TPSA) is 41.1 Å². The van der Waals surface area contributed by atoms with Crippen molar-refractivity contribution in [1.29, 1.82) is 0 Å². The highest BCUT2D eigenvalue weighted by Crippen LogP contribution is 2.29. The summed E-state index contributed by atoms with van der Waals surface area (Å²) in [6.45, 7) is 6.00. The lowest BCUT2D eigenvalue weighted by Crippen LogP contribution is -2.41. The van der Waals surface area contributed by atoms with Crippen LogP contribution in [-0.4, -0.2) is 11.9 Å². The standard InChI is InChI=1S/C15H22N2O/c1-10-7-15(8-10)16-11(2)13-5-4-6-14(9-13)17-12(3)18/h4-6,9-11,15-16H,7-8H2,1-3H3,(H,17,18). The quantitative estimate of drug-likeness (QED) is 0.857. The van der Waals surface area contributed by atoms with Crippen molar-refractivity contribution in [1.82, 2.24) is 5.32 Å². The van der Waals surface area contributed by atoms with Crippen molar-refractivity contribution >= 4 is 11.6 Å². The van der Waals surface area contributed by atoms with E-state index in [1.54, 1.807) is 0 Å². The van der Waals surface area contributed by atoms with Crippen molar-refractivity contribution in [2.75, 3.05) is 5.32 Å². The maximum atomic E-state index is 11.0. The SMILES string of the molecule is CC(=O)Nc1cccc(C(C)NC2CC(C)C2)c1. The number of benzene rings is 1. The predicted molar refractivity (Wildman–Crippen MR) is 74.5 cm³/mol. The smallest absolute Gasteiger partial charge is 0.221 e. The van der Waals surface area contributed by atoms with E-state index in [-0.39, 0.29) is 5.91 Å². The highest BCUT2D eigenvalue weighted by molar-refractivity contribution is 5.88. The molecule has 0 heterocycles. The zero-order valence-electron chi connectivity index (χ0n) is 11.4. The third kappa shape index (κ3) is 3.33. The normalized spacial score (nSPS) is 24.2. The van der Waals surface area contributed by atoms with Crippen LogP contribution in [0.2, 0.25) is 0 Å². The molecule has 0 aliphatic heterocycles. The van der Waals surface area contributed by atoms with Crippen LogP contribution in [0, 0.1) is 5.92 Å². The molecular formula is C15H22N2O. The largest absolute Gasteiger partial charge is 0.326 e. The molecule has 1 aromatic carbocycles. The first-order chi connectivity index (χ1) is 8.54. The zero-order valence-corrected chi connectivity index (χ0v) is 11.4. The number of carbonyl (C=O) groups excluding carboxylic acids is 1. The van der Waals surface area contributed by atoms with Gasteiger partial charge in [-0.15, -0.1) is 0 Å². The molecule has 1 aliphatic rings. The third-order valence-corrected chi connectivity index (χ3v) is 3.57. The van der Waals surface area contributed by atoms with Gasteiger partial charge in [-0.2, -0.15) is 0 Å². The third-order valence-electron chi connectivity index (χ3n) is 3.57. The van der Waals surface area contributed by atoms with Crippen molar-refractivity contribution in [2.24, 2.45) is 5.92 Å². The molecule has 18 heavy (non-hydrogen) atoms. The number of carbonyl (C=O) groups is 1. The van der Waals surface area contributed by atoms with Gasteiger partial charge in [-0.1, -0.05) is 19.1 Å². The van der Waals surface area contributed by atoms with E-state index in [1.165, 1.54) is 25.3 Å². The van der Waals surface area contributed by atoms with Gasteiger partial charge in [0, 0.05) is 24.7 Å². The van der Waals surface area contributed by atoms with Crippen LogP contribution in [0.4, 0.5) is 5.69 Å². The Labute approximate surface area is 109 Å². The molecule has 1 aromatic rings. The Kier molecular flexibility index (Phi) is 4.02. The van der Waals surface area contributed by atoms with Crippen LogP contribution < -0.4 is 10.6 Å². The lowest BCUT2D eigenvalue weighted by Gasteiger charge is -2.35. The fourth-order valence-electron chi connectivity index (χ4n) is 2.58. The van der Waals surface area contributed by atoms with Gasteiger partial charge < -0.3 is 10.6 Å². The van der Waals surface area contributed by atoms with E-state index in [0.29, 0.717) is 12.1 Å². The molecule has 1 fully saturated rings. The summed E-state index contributed by atoms with van der Waals surface area (Å²) < 4.78 is 0. The minimum atomic E-state index is -0.0272. The molecular weight excluding hydrogens is 224 g/mol. The first-order valence-electron chi connectivity index (χ1n) is 6.68. The fourth-order valence-corrected chi connectivity index (χ4v) is 2.58. The second kappa shape index (κ2) is 5.53. The van der Waals surface area contributed by atoms with Crippen LogP contribution in [0.25, 0.3) is 0 Å². The van der Waals surface area contributed by atoms with E-state index in [9.17, 15) is 4.79 Å². The first kappa shape index (κ1) is 13.1. The Bertz CT molecular complexity index is 424. The highest BCUT2D eigenvalue weighted by Gasteiger charge is 2.26. The molecule has 2 N–H and O–H groups in total. The number of rotatable bonds is 4. The Hall–Kier alpha value is -1.35. The Balaban J connectivity index is 1.96. The van der Waals surface area contributed by atoms with Crippen LogP contribution in [0.3, 0.4) is 0 Å². The minimum absolute atomic E-state index is 0.0272. The van der Waals surface area contributed by atoms with Gasteiger partial charge in [0.1, 0.15) is 0 Å². The monoisotopic (exact) mass is 246 g/mol. The van der Waals surface area contributed by atoms with Crippen molar-refractivity contribution in [2.45, 2.75) is 45.7 Å². The van der Waals surface area contributed by atoms with Crippen LogP contribution >= 0.6 is 0 Å². The average Bonchev–Trinajstić information content (AvgIpc) is 2.26. The number of amides is 1. The summed E-state index contributed by atoms with van der Waals surface area (Å²) in [5.41, 5.74) is 2.09. The van der Waals surface area contributed by atoms with Crippen LogP contribution in [0.5, 0.6) is 0 Å². The van der Waals surface area contributed by atoms with E-state index in [2.05, 4.69) is 30.5 Å². The van der Waals surface area contributed by atoms with Crippen LogP contribution in [-0.2, 0) is 4.79 Å². The number of nitrogens with one attached hydrogen (secondary N) is 2. The predicted octanol–water partition coefficient (Wildman–Crippen LogP) is 3.09. The van der Waals surface area contributed by atoms with Crippen molar-refractivity contribution < 1.29 is 4.79 Å². The van der Waals surface area contributed by atoms with Crippen molar-refractivity contribution in [3.63, 3.8) is 0 Å². The molecule has 2 rings (SSSR count). The van der Waals surface area contributed by atoms with Gasteiger partial charge in [-0.3, -0.25) is 4.79 Å². The molecule has 1 aliphatic carbocycles. The highest BCUT2D eigenvalue weighted by atomic mass is 16.1. The summed E-state index contributed by atoms with van der Waals surface area (Å²) in [4.78, 5) is 11.0. The Morgan fingerprint density at radius 3 is 2.72 bits per heavy atom. The summed E-state index contributed by atoms with van der Waals surface area (Å²) in [6.07, 6.45) is 2.55. The van der Waals surface area contributed by atoms with Gasteiger partial charge in [0.05, 0.1) is 0 Å². The first-order valence-corrected chi connectivity index (χ1v) is 6.68. The van der Waals surface area contributed by atoms with Gasteiger partial charge in [0.15, 0.2) is 0 Å². The molecule has 1 atom stereocenters. The average molecular weight is 246 g/mol. The summed E-state index contributed by atoms with van der Waals surface area (Å²) in [7, 11) is 0. The lowest BCUT2D eigenvalue weighted by molar-refractivity contribution is -0.114. The van der Waals surface area contributed by atoms with E-state index >= 15 is 0 Å². The molecule has 1 saturated carbocycles. The number of anilines is 1. The maximum absolute atomic E-state index is 11.0. The van der Waals surface area contributed by atoms with Crippen molar-refractivity contribution in [3.8, 4) is 0 Å². The summed E-state index contributed by atoms with van der Waals surface area (Å²) >= 11 is 0. The van der Waals surface area contributed by atoms with Gasteiger partial charge in [0.25, 0.3) is 0 Å². The number of hydrogen-bond acceptors (Lipinski definition) is 2. The van der Waals surface area contributed by atoms with Gasteiger partial charge in [-0.05, 0) is 43.4 Å². The molecule has 0 spiro atoms. The molecule has 3 nitrogen and oxygen atoms in total. The number of hydrogen-bond donors (Lipinski definition) is 2. The van der Waals surface area contributed by atoms with E-state index < -0.39 is 0 Å². The Morgan fingerprint density at radius 1 is 1.39 bits per heavy atom. The molecule has 1 unspecified atom stereocenters. The van der Waals surface area contributed by atoms with Crippen molar-refractivity contribution in [3.05, 3.63) is 29.8 Å². The summed E-state index contributed by atoms with van der Waals surface area (Å²) in [6, 6.07) is 9.04. The molecule has 0 saturated heterocycles. The Morgan fingerprint density at radius 2 is 2.11 bits per heavy atom. The van der Waals surface area contributed by atoms with E-state index in [4.69, 9.17) is 0 Å². The van der Waals surface area contributed by atoms with Gasteiger partial charge >= 0.3 is 0 Å². The molecule has 0 aromatic heterocycles. The van der Waals surface area contributed by atoms with Crippen LogP contribution in [0.15, 0.2) is 24.3 Å². The summed E-state index contributed by atoms with van der Waals surface area (Å²) in [5, 5.41) is 6.45.